The zero-order valence-corrected chi connectivity index (χ0v) is 31.6. The molecule has 1 heterocycles. The number of sulfonamides is 1. The van der Waals surface area contributed by atoms with Gasteiger partial charge in [-0.1, -0.05) is 91.3 Å². The van der Waals surface area contributed by atoms with Crippen molar-refractivity contribution in [2.24, 2.45) is 22.7 Å². The smallest absolute Gasteiger partial charge is 0.315 e. The molecule has 0 aromatic heterocycles. The molecule has 14 heteroatoms. The number of piperidine rings is 1. The maximum Gasteiger partial charge on any atom is 0.315 e. The molecule has 0 radical (unpaired) electrons. The normalized spacial score (nSPS) is 20.6. The summed E-state index contributed by atoms with van der Waals surface area (Å²) < 4.78 is 27.0. The fourth-order valence-electron chi connectivity index (χ4n) is 6.24. The second-order valence-corrected chi connectivity index (χ2v) is 17.7. The van der Waals surface area contributed by atoms with E-state index in [4.69, 9.17) is 0 Å². The monoisotopic (exact) mass is 716 g/mol. The van der Waals surface area contributed by atoms with Crippen LogP contribution in [-0.4, -0.2) is 97.2 Å². The molecule has 5 amide bonds. The maximum atomic E-state index is 14.3. The number of nitrogens with zero attached hydrogens (tertiary/aromatic N) is 2. The van der Waals surface area contributed by atoms with Crippen LogP contribution in [0.5, 0.6) is 0 Å². The molecule has 0 bridgehead atoms. The maximum absolute atomic E-state index is 14.3. The highest BCUT2D eigenvalue weighted by molar-refractivity contribution is 7.88. The lowest BCUT2D eigenvalue weighted by Gasteiger charge is -2.38. The van der Waals surface area contributed by atoms with Crippen LogP contribution in [0.1, 0.15) is 73.3 Å². The second-order valence-electron chi connectivity index (χ2n) is 15.7. The molecule has 1 aromatic carbocycles. The van der Waals surface area contributed by atoms with E-state index in [2.05, 4.69) is 27.8 Å². The molecule has 1 aromatic rings. The lowest BCUT2D eigenvalue weighted by atomic mass is 9.85. The van der Waals surface area contributed by atoms with Gasteiger partial charge in [0.2, 0.25) is 27.6 Å². The van der Waals surface area contributed by atoms with E-state index in [0.29, 0.717) is 13.0 Å². The third kappa shape index (κ3) is 10.9. The van der Waals surface area contributed by atoms with Crippen molar-refractivity contribution in [3.63, 3.8) is 0 Å². The summed E-state index contributed by atoms with van der Waals surface area (Å²) in [7, 11) is -3.65. The fourth-order valence-corrected chi connectivity index (χ4v) is 7.05. The number of carbonyl (C=O) groups excluding carboxylic acids is 5. The predicted octanol–water partition coefficient (Wildman–Crippen LogP) is 2.58. The van der Waals surface area contributed by atoms with E-state index in [1.165, 1.54) is 15.3 Å². The van der Waals surface area contributed by atoms with Gasteiger partial charge in [-0.25, -0.2) is 13.2 Å². The lowest BCUT2D eigenvalue weighted by molar-refractivity contribution is -0.144. The molecular weight excluding hydrogens is 660 g/mol. The average molecular weight is 717 g/mol. The van der Waals surface area contributed by atoms with Crippen LogP contribution in [0.25, 0.3) is 0 Å². The van der Waals surface area contributed by atoms with Crippen LogP contribution >= 0.6 is 0 Å². The molecule has 2 fully saturated rings. The molecule has 1 aliphatic heterocycles. The SMILES string of the molecule is C=CCNC(=O)C(=O)C(CCC)NC(=O)[C@@H]1[C@H]2C[C@H]2CN1C(=O)[C@@H](NC(=O)N[C@H](CN(Cc1ccccc1)S(C)(=O)=O)C(C)(C)C)C(C)(C)C. The van der Waals surface area contributed by atoms with E-state index in [1.54, 1.807) is 0 Å². The molecule has 3 rings (SSSR count). The van der Waals surface area contributed by atoms with Gasteiger partial charge >= 0.3 is 6.03 Å². The van der Waals surface area contributed by atoms with Crippen LogP contribution in [0.3, 0.4) is 0 Å². The van der Waals surface area contributed by atoms with Crippen LogP contribution in [0.15, 0.2) is 43.0 Å². The number of rotatable bonds is 16. The molecule has 13 nitrogen and oxygen atoms in total. The predicted molar refractivity (Wildman–Crippen MR) is 192 cm³/mol. The van der Waals surface area contributed by atoms with Crippen LogP contribution < -0.4 is 21.3 Å². The first-order valence-corrected chi connectivity index (χ1v) is 19.1. The van der Waals surface area contributed by atoms with Crippen molar-refractivity contribution in [1.29, 1.82) is 0 Å². The molecule has 1 saturated carbocycles. The van der Waals surface area contributed by atoms with Crippen molar-refractivity contribution in [2.45, 2.75) is 98.4 Å². The van der Waals surface area contributed by atoms with Gasteiger partial charge < -0.3 is 26.2 Å². The number of urea groups is 1. The van der Waals surface area contributed by atoms with Crippen molar-refractivity contribution < 1.29 is 32.4 Å². The molecule has 0 spiro atoms. The molecular formula is C36H56N6O7S. The summed E-state index contributed by atoms with van der Waals surface area (Å²) in [6.07, 6.45) is 4.14. The van der Waals surface area contributed by atoms with Crippen molar-refractivity contribution in [3.8, 4) is 0 Å². The van der Waals surface area contributed by atoms with Gasteiger partial charge in [-0.05, 0) is 41.1 Å². The third-order valence-corrected chi connectivity index (χ3v) is 10.6. The molecule has 278 valence electrons. The van der Waals surface area contributed by atoms with Gasteiger partial charge in [0.15, 0.2) is 0 Å². The Morgan fingerprint density at radius 3 is 2.18 bits per heavy atom. The zero-order chi connectivity index (χ0) is 37.6. The van der Waals surface area contributed by atoms with Gasteiger partial charge in [0, 0.05) is 32.2 Å². The first-order valence-electron chi connectivity index (χ1n) is 17.3. The van der Waals surface area contributed by atoms with Gasteiger partial charge in [0.25, 0.3) is 5.91 Å². The quantitative estimate of drug-likeness (QED) is 0.150. The molecule has 6 atom stereocenters. The Morgan fingerprint density at radius 2 is 1.64 bits per heavy atom. The number of carbonyl (C=O) groups is 5. The van der Waals surface area contributed by atoms with Gasteiger partial charge in [-0.15, -0.1) is 6.58 Å². The zero-order valence-electron chi connectivity index (χ0n) is 30.7. The number of fused-ring (bicyclic) bond motifs is 1. The second kappa shape index (κ2) is 16.5. The molecule has 1 unspecified atom stereocenters. The van der Waals surface area contributed by atoms with Gasteiger partial charge in [-0.3, -0.25) is 19.2 Å². The highest BCUT2D eigenvalue weighted by atomic mass is 32.2. The van der Waals surface area contributed by atoms with Gasteiger partial charge in [0.1, 0.15) is 12.1 Å². The van der Waals surface area contributed by atoms with E-state index in [-0.39, 0.29) is 37.9 Å². The molecule has 2 aliphatic rings. The van der Waals surface area contributed by atoms with Crippen LogP contribution in [0.4, 0.5) is 4.79 Å². The highest BCUT2D eigenvalue weighted by Gasteiger charge is 2.58. The van der Waals surface area contributed by atoms with Crippen LogP contribution in [-0.2, 0) is 35.7 Å². The number of ketones is 1. The van der Waals surface area contributed by atoms with E-state index >= 15 is 0 Å². The Morgan fingerprint density at radius 1 is 1.00 bits per heavy atom. The molecule has 50 heavy (non-hydrogen) atoms. The highest BCUT2D eigenvalue weighted by Crippen LogP contribution is 2.50. The summed E-state index contributed by atoms with van der Waals surface area (Å²) >= 11 is 0. The Bertz CT molecular complexity index is 1520. The largest absolute Gasteiger partial charge is 0.346 e. The lowest BCUT2D eigenvalue weighted by Crippen LogP contribution is -2.62. The number of hydrogen-bond donors (Lipinski definition) is 4. The minimum Gasteiger partial charge on any atom is -0.346 e. The third-order valence-electron chi connectivity index (χ3n) is 9.34. The van der Waals surface area contributed by atoms with Crippen molar-refractivity contribution in [2.75, 3.05) is 25.9 Å². The molecule has 4 N–H and O–H groups in total. The summed E-state index contributed by atoms with van der Waals surface area (Å²) in [4.78, 5) is 68.4. The standard InChI is InChI=1S/C36H56N6O7S/c1-10-15-26(29(43)32(45)37-18-11-2)38-31(44)28-25-19-24(25)21-42(28)33(46)30(36(6,7)8)40-34(47)39-27(35(3,4)5)22-41(50(9,48)49)20-23-16-13-12-14-17-23/h11-14,16-17,24-28,30H,2,10,15,18-22H2,1,3-9H3,(H,37,45)(H,38,44)(H2,39,40,47)/t24-,25-,26?,27+,28-,30+/m0/s1. The number of nitrogens with one attached hydrogen (secondary N) is 4. The summed E-state index contributed by atoms with van der Waals surface area (Å²) in [5, 5.41) is 11.0. The van der Waals surface area contributed by atoms with Crippen molar-refractivity contribution in [1.82, 2.24) is 30.5 Å². The van der Waals surface area contributed by atoms with Gasteiger partial charge in [-0.2, -0.15) is 4.31 Å². The Hall–Kier alpha value is -3.78. The minimum atomic E-state index is -3.65. The average Bonchev–Trinajstić information content (AvgIpc) is 3.68. The number of hydrogen-bond acceptors (Lipinski definition) is 7. The summed E-state index contributed by atoms with van der Waals surface area (Å²) in [5.41, 5.74) is -0.528. The van der Waals surface area contributed by atoms with Crippen LogP contribution in [0, 0.1) is 22.7 Å². The Labute approximate surface area is 297 Å². The summed E-state index contributed by atoms with van der Waals surface area (Å²) in [6, 6.07) is 4.97. The van der Waals surface area contributed by atoms with E-state index in [1.807, 2.05) is 78.8 Å². The summed E-state index contributed by atoms with van der Waals surface area (Å²) in [5.74, 6) is -2.48. The number of Topliss-reactive ketones (excluding diaryl/α,β-unsaturated/α-hetero) is 1. The first-order chi connectivity index (χ1) is 23.2. The van der Waals surface area contributed by atoms with Crippen molar-refractivity contribution in [3.05, 3.63) is 48.6 Å². The molecule has 1 aliphatic carbocycles. The summed E-state index contributed by atoms with van der Waals surface area (Å²) in [6.45, 7) is 17.1. The first kappa shape index (κ1) is 40.6. The number of amides is 5. The Kier molecular flexibility index (Phi) is 13.4. The Balaban J connectivity index is 1.79. The number of benzene rings is 1. The topological polar surface area (TPSA) is 174 Å². The fraction of sp³-hybridized carbons (Fsp3) is 0.639. The molecule has 1 saturated heterocycles. The van der Waals surface area contributed by atoms with Crippen LogP contribution in [0.2, 0.25) is 0 Å². The minimum absolute atomic E-state index is 0.000230. The van der Waals surface area contributed by atoms with E-state index in [0.717, 1.165) is 18.2 Å². The number of likely N-dealkylation sites (tertiary alicyclic amines) is 1. The van der Waals surface area contributed by atoms with Crippen molar-refractivity contribution >= 4 is 39.6 Å². The van der Waals surface area contributed by atoms with E-state index in [9.17, 15) is 32.4 Å². The van der Waals surface area contributed by atoms with E-state index < -0.39 is 74.6 Å². The van der Waals surface area contributed by atoms with Gasteiger partial charge in [0.05, 0.1) is 12.3 Å².